The Morgan fingerprint density at radius 3 is 2.71 bits per heavy atom. The van der Waals surface area contributed by atoms with Crippen molar-refractivity contribution in [3.05, 3.63) is 53.9 Å². The molecule has 0 saturated carbocycles. The molecule has 0 spiro atoms. The zero-order chi connectivity index (χ0) is 16.9. The van der Waals surface area contributed by atoms with Crippen molar-refractivity contribution in [1.29, 1.82) is 0 Å². The minimum Gasteiger partial charge on any atom is -0.497 e. The number of rotatable bonds is 6. The van der Waals surface area contributed by atoms with E-state index < -0.39 is 0 Å². The quantitative estimate of drug-likeness (QED) is 0.730. The van der Waals surface area contributed by atoms with Crippen LogP contribution in [0.1, 0.15) is 16.2 Å². The Balaban J connectivity index is 1.60. The van der Waals surface area contributed by atoms with E-state index in [1.165, 1.54) is 0 Å². The van der Waals surface area contributed by atoms with Gasteiger partial charge in [0.15, 0.2) is 0 Å². The van der Waals surface area contributed by atoms with Gasteiger partial charge in [-0.05, 0) is 30.3 Å². The maximum absolute atomic E-state index is 12.1. The Hall–Kier alpha value is -3.02. The summed E-state index contributed by atoms with van der Waals surface area (Å²) in [7, 11) is 3.21. The summed E-state index contributed by atoms with van der Waals surface area (Å²) in [6.07, 6.45) is 0.618. The second-order valence-electron chi connectivity index (χ2n) is 5.30. The summed E-state index contributed by atoms with van der Waals surface area (Å²) < 4.78 is 10.3. The maximum Gasteiger partial charge on any atom is 0.251 e. The van der Waals surface area contributed by atoms with E-state index in [1.807, 2.05) is 18.2 Å². The summed E-state index contributed by atoms with van der Waals surface area (Å²) in [5.74, 6) is 2.13. The molecular weight excluding hydrogens is 306 g/mol. The number of methoxy groups -OCH3 is 2. The van der Waals surface area contributed by atoms with Gasteiger partial charge >= 0.3 is 0 Å². The number of hydrogen-bond donors (Lipinski definition) is 2. The fourth-order valence-corrected chi connectivity index (χ4v) is 2.45. The van der Waals surface area contributed by atoms with Crippen molar-refractivity contribution in [2.75, 3.05) is 20.8 Å². The Kier molecular flexibility index (Phi) is 4.65. The summed E-state index contributed by atoms with van der Waals surface area (Å²) in [4.78, 5) is 19.9. The van der Waals surface area contributed by atoms with Gasteiger partial charge in [-0.25, -0.2) is 4.98 Å². The zero-order valence-corrected chi connectivity index (χ0v) is 13.6. The van der Waals surface area contributed by atoms with Crippen LogP contribution in [0.3, 0.4) is 0 Å². The number of aromatic nitrogens is 2. The normalized spacial score (nSPS) is 10.6. The zero-order valence-electron chi connectivity index (χ0n) is 13.6. The van der Waals surface area contributed by atoms with E-state index in [4.69, 9.17) is 9.47 Å². The van der Waals surface area contributed by atoms with Gasteiger partial charge in [-0.2, -0.15) is 0 Å². The first-order valence-electron chi connectivity index (χ1n) is 7.64. The molecule has 1 aromatic heterocycles. The van der Waals surface area contributed by atoms with E-state index in [9.17, 15) is 4.79 Å². The van der Waals surface area contributed by atoms with Crippen LogP contribution in [0.4, 0.5) is 0 Å². The van der Waals surface area contributed by atoms with Crippen molar-refractivity contribution in [2.45, 2.75) is 6.42 Å². The minimum atomic E-state index is -0.133. The van der Waals surface area contributed by atoms with Crippen LogP contribution in [-0.2, 0) is 6.42 Å². The fraction of sp³-hybridized carbons (Fsp3) is 0.222. The highest BCUT2D eigenvalue weighted by atomic mass is 16.5. The van der Waals surface area contributed by atoms with Crippen LogP contribution in [0.25, 0.3) is 11.0 Å². The molecule has 3 rings (SSSR count). The van der Waals surface area contributed by atoms with Crippen LogP contribution >= 0.6 is 0 Å². The van der Waals surface area contributed by atoms with Gasteiger partial charge in [0.25, 0.3) is 5.91 Å². The summed E-state index contributed by atoms with van der Waals surface area (Å²) in [6.45, 7) is 0.493. The molecule has 0 aliphatic heterocycles. The van der Waals surface area contributed by atoms with Crippen LogP contribution in [0, 0.1) is 0 Å². The molecule has 2 N–H and O–H groups in total. The first-order chi connectivity index (χ1) is 11.7. The lowest BCUT2D eigenvalue weighted by Crippen LogP contribution is -2.25. The fourth-order valence-electron chi connectivity index (χ4n) is 2.45. The molecule has 0 unspecified atom stereocenters. The number of carbonyl (C=O) groups is 1. The van der Waals surface area contributed by atoms with Crippen molar-refractivity contribution in [2.24, 2.45) is 0 Å². The standard InChI is InChI=1S/C18H19N3O3/c1-23-13-5-3-4-12(10-13)18(22)19-9-8-17-20-15-7-6-14(24-2)11-16(15)21-17/h3-7,10-11H,8-9H2,1-2H3,(H,19,22)(H,20,21). The topological polar surface area (TPSA) is 76.2 Å². The average molecular weight is 325 g/mol. The van der Waals surface area contributed by atoms with Gasteiger partial charge in [0.2, 0.25) is 0 Å². The summed E-state index contributed by atoms with van der Waals surface area (Å²) in [5, 5.41) is 2.89. The molecule has 6 heteroatoms. The lowest BCUT2D eigenvalue weighted by Gasteiger charge is -2.05. The molecule has 0 aliphatic rings. The first kappa shape index (κ1) is 15.9. The molecular formula is C18H19N3O3. The number of amides is 1. The molecule has 6 nitrogen and oxygen atoms in total. The van der Waals surface area contributed by atoms with Gasteiger partial charge in [0, 0.05) is 24.6 Å². The van der Waals surface area contributed by atoms with Crippen LogP contribution in [0.15, 0.2) is 42.5 Å². The molecule has 0 atom stereocenters. The molecule has 0 saturated heterocycles. The van der Waals surface area contributed by atoms with Gasteiger partial charge < -0.3 is 19.8 Å². The molecule has 3 aromatic rings. The summed E-state index contributed by atoms with van der Waals surface area (Å²) in [5.41, 5.74) is 2.37. The number of H-pyrrole nitrogens is 1. The van der Waals surface area contributed by atoms with Crippen molar-refractivity contribution in [1.82, 2.24) is 15.3 Å². The van der Waals surface area contributed by atoms with E-state index in [-0.39, 0.29) is 5.91 Å². The molecule has 1 amide bonds. The highest BCUT2D eigenvalue weighted by Crippen LogP contribution is 2.18. The van der Waals surface area contributed by atoms with E-state index in [0.29, 0.717) is 24.3 Å². The molecule has 2 aromatic carbocycles. The SMILES string of the molecule is COc1cccc(C(=O)NCCc2nc3ccc(OC)cc3[nH]2)c1. The molecule has 24 heavy (non-hydrogen) atoms. The second-order valence-corrected chi connectivity index (χ2v) is 5.30. The highest BCUT2D eigenvalue weighted by molar-refractivity contribution is 5.94. The number of benzene rings is 2. The van der Waals surface area contributed by atoms with Gasteiger partial charge in [-0.1, -0.05) is 6.07 Å². The van der Waals surface area contributed by atoms with E-state index in [2.05, 4.69) is 15.3 Å². The Labute approximate surface area is 139 Å². The third kappa shape index (κ3) is 3.48. The number of hydrogen-bond acceptors (Lipinski definition) is 4. The molecule has 0 bridgehead atoms. The highest BCUT2D eigenvalue weighted by Gasteiger charge is 2.08. The van der Waals surface area contributed by atoms with Crippen LogP contribution in [0.5, 0.6) is 11.5 Å². The van der Waals surface area contributed by atoms with Crippen molar-refractivity contribution >= 4 is 16.9 Å². The summed E-state index contributed by atoms with van der Waals surface area (Å²) >= 11 is 0. The van der Waals surface area contributed by atoms with Crippen LogP contribution in [-0.4, -0.2) is 36.6 Å². The van der Waals surface area contributed by atoms with Crippen molar-refractivity contribution in [3.63, 3.8) is 0 Å². The van der Waals surface area contributed by atoms with E-state index in [1.54, 1.807) is 38.5 Å². The number of nitrogens with one attached hydrogen (secondary N) is 2. The van der Waals surface area contributed by atoms with E-state index >= 15 is 0 Å². The number of aromatic amines is 1. The van der Waals surface area contributed by atoms with Crippen LogP contribution in [0.2, 0.25) is 0 Å². The number of imidazole rings is 1. The Bertz CT molecular complexity index is 858. The van der Waals surface area contributed by atoms with Crippen molar-refractivity contribution in [3.8, 4) is 11.5 Å². The molecule has 0 fully saturated rings. The van der Waals surface area contributed by atoms with E-state index in [0.717, 1.165) is 22.6 Å². The number of carbonyl (C=O) groups excluding carboxylic acids is 1. The summed E-state index contributed by atoms with van der Waals surface area (Å²) in [6, 6.07) is 12.7. The monoisotopic (exact) mass is 325 g/mol. The maximum atomic E-state index is 12.1. The largest absolute Gasteiger partial charge is 0.497 e. The third-order valence-electron chi connectivity index (χ3n) is 3.72. The van der Waals surface area contributed by atoms with Crippen molar-refractivity contribution < 1.29 is 14.3 Å². The average Bonchev–Trinajstić information content (AvgIpc) is 3.03. The minimum absolute atomic E-state index is 0.133. The predicted octanol–water partition coefficient (Wildman–Crippen LogP) is 2.55. The Morgan fingerprint density at radius 1 is 1.12 bits per heavy atom. The lowest BCUT2D eigenvalue weighted by molar-refractivity contribution is 0.0953. The second kappa shape index (κ2) is 7.04. The number of ether oxygens (including phenoxy) is 2. The lowest BCUT2D eigenvalue weighted by atomic mass is 10.2. The van der Waals surface area contributed by atoms with Gasteiger partial charge in [-0.3, -0.25) is 4.79 Å². The smallest absolute Gasteiger partial charge is 0.251 e. The van der Waals surface area contributed by atoms with Gasteiger partial charge in [-0.15, -0.1) is 0 Å². The molecule has 124 valence electrons. The molecule has 0 aliphatic carbocycles. The third-order valence-corrected chi connectivity index (χ3v) is 3.72. The molecule has 1 heterocycles. The predicted molar refractivity (Wildman–Crippen MR) is 91.7 cm³/mol. The van der Waals surface area contributed by atoms with Crippen LogP contribution < -0.4 is 14.8 Å². The molecule has 0 radical (unpaired) electrons. The number of fused-ring (bicyclic) bond motifs is 1. The first-order valence-corrected chi connectivity index (χ1v) is 7.64. The van der Waals surface area contributed by atoms with Gasteiger partial charge in [0.05, 0.1) is 25.3 Å². The number of nitrogens with zero attached hydrogens (tertiary/aromatic N) is 1. The Morgan fingerprint density at radius 2 is 1.92 bits per heavy atom. The van der Waals surface area contributed by atoms with Gasteiger partial charge in [0.1, 0.15) is 17.3 Å².